The number of carbonyl (C=O) groups excluding carboxylic acids is 2. The Morgan fingerprint density at radius 1 is 0.935 bits per heavy atom. The van der Waals surface area contributed by atoms with Crippen molar-refractivity contribution in [2.75, 3.05) is 6.61 Å². The van der Waals surface area contributed by atoms with Gasteiger partial charge in [-0.15, -0.1) is 0 Å². The fourth-order valence-electron chi connectivity index (χ4n) is 2.22. The Labute approximate surface area is 213 Å². The van der Waals surface area contributed by atoms with Gasteiger partial charge in [-0.25, -0.2) is 18.4 Å². The highest BCUT2D eigenvalue weighted by atomic mass is 127. The number of carboxylic acid groups (broad SMARTS) is 1. The lowest BCUT2D eigenvalue weighted by Crippen LogP contribution is -2.16. The molecular formula is C18H9F4I3O6. The summed E-state index contributed by atoms with van der Waals surface area (Å²) in [5.74, 6) is -14.5. The zero-order valence-corrected chi connectivity index (χ0v) is 21.4. The summed E-state index contributed by atoms with van der Waals surface area (Å²) in [5, 5.41) is 8.62. The molecule has 0 heterocycles. The van der Waals surface area contributed by atoms with Crippen LogP contribution in [0.3, 0.4) is 0 Å². The molecule has 0 saturated carbocycles. The molecular weight excluding hydrogens is 769 g/mol. The minimum atomic E-state index is -2.23. The molecule has 2 aromatic rings. The van der Waals surface area contributed by atoms with Crippen LogP contribution in [-0.4, -0.2) is 29.6 Å². The highest BCUT2D eigenvalue weighted by molar-refractivity contribution is 14.1. The van der Waals surface area contributed by atoms with E-state index in [1.165, 1.54) is 0 Å². The Balaban J connectivity index is 1.98. The van der Waals surface area contributed by atoms with E-state index in [2.05, 4.69) is 27.3 Å². The van der Waals surface area contributed by atoms with Crippen LogP contribution < -0.4 is 4.74 Å². The van der Waals surface area contributed by atoms with E-state index in [0.29, 0.717) is 9.13 Å². The fourth-order valence-corrected chi connectivity index (χ4v) is 4.59. The number of ether oxygens (including phenoxy) is 2. The maximum Gasteiger partial charge on any atom is 0.341 e. The standard InChI is InChI=1S/C18H9F4I3O6/c19-11-10(17(27)28)12(20)14(22)16(13(11)21)31-9(26)2-1-3-30-18(29)7-4-6(23)5-8(24)15(7)25/h4-5H,1-3H2,(H,27,28). The van der Waals surface area contributed by atoms with E-state index in [1.807, 2.05) is 51.2 Å². The van der Waals surface area contributed by atoms with E-state index in [9.17, 15) is 31.9 Å². The maximum atomic E-state index is 13.8. The van der Waals surface area contributed by atoms with Crippen molar-refractivity contribution in [3.63, 3.8) is 0 Å². The minimum absolute atomic E-state index is 0.108. The molecule has 0 radical (unpaired) electrons. The summed E-state index contributed by atoms with van der Waals surface area (Å²) in [5.41, 5.74) is -1.52. The number of esters is 2. The highest BCUT2D eigenvalue weighted by Gasteiger charge is 2.31. The summed E-state index contributed by atoms with van der Waals surface area (Å²) in [6.07, 6.45) is -0.611. The first-order valence-electron chi connectivity index (χ1n) is 8.07. The molecule has 31 heavy (non-hydrogen) atoms. The predicted molar refractivity (Wildman–Crippen MR) is 123 cm³/mol. The van der Waals surface area contributed by atoms with Crippen molar-refractivity contribution < 1.29 is 46.5 Å². The fraction of sp³-hybridized carbons (Fsp3) is 0.167. The number of carboxylic acids is 1. The lowest BCUT2D eigenvalue weighted by molar-refractivity contribution is -0.135. The molecule has 0 aliphatic heterocycles. The number of carbonyl (C=O) groups is 3. The van der Waals surface area contributed by atoms with E-state index in [1.54, 1.807) is 6.07 Å². The molecule has 0 aromatic heterocycles. The van der Waals surface area contributed by atoms with Gasteiger partial charge in [0.25, 0.3) is 0 Å². The minimum Gasteiger partial charge on any atom is -0.477 e. The zero-order chi connectivity index (χ0) is 23.5. The summed E-state index contributed by atoms with van der Waals surface area (Å²) in [7, 11) is 0. The monoisotopic (exact) mass is 778 g/mol. The van der Waals surface area contributed by atoms with Crippen LogP contribution in [0.1, 0.15) is 33.6 Å². The van der Waals surface area contributed by atoms with Crippen molar-refractivity contribution in [3.05, 3.63) is 57.2 Å². The summed E-state index contributed by atoms with van der Waals surface area (Å²) in [6, 6.07) is 3.49. The molecule has 0 unspecified atom stereocenters. The molecule has 0 saturated heterocycles. The Morgan fingerprint density at radius 3 is 2.06 bits per heavy atom. The average molecular weight is 778 g/mol. The Kier molecular flexibility index (Phi) is 9.28. The van der Waals surface area contributed by atoms with Crippen LogP contribution in [0.15, 0.2) is 12.1 Å². The van der Waals surface area contributed by atoms with Crippen molar-refractivity contribution in [3.8, 4) is 5.75 Å². The molecule has 0 fully saturated rings. The van der Waals surface area contributed by atoms with E-state index < -0.39 is 58.9 Å². The molecule has 0 aliphatic carbocycles. The van der Waals surface area contributed by atoms with Gasteiger partial charge in [-0.05, 0) is 86.3 Å². The van der Waals surface area contributed by atoms with Gasteiger partial charge >= 0.3 is 17.9 Å². The number of aromatic carboxylic acids is 1. The van der Waals surface area contributed by atoms with Crippen molar-refractivity contribution in [1.29, 1.82) is 0 Å². The second kappa shape index (κ2) is 11.1. The average Bonchev–Trinajstić information content (AvgIpc) is 2.69. The largest absolute Gasteiger partial charge is 0.477 e. The first-order valence-corrected chi connectivity index (χ1v) is 11.3. The first kappa shape index (κ1) is 26.0. The number of benzene rings is 2. The Morgan fingerprint density at radius 2 is 1.52 bits per heavy atom. The van der Waals surface area contributed by atoms with Gasteiger partial charge in [-0.2, -0.15) is 8.78 Å². The van der Waals surface area contributed by atoms with Gasteiger partial charge in [0.15, 0.2) is 11.6 Å². The van der Waals surface area contributed by atoms with Gasteiger partial charge in [0, 0.05) is 17.1 Å². The lowest BCUT2D eigenvalue weighted by atomic mass is 10.1. The third kappa shape index (κ3) is 6.17. The van der Waals surface area contributed by atoms with Crippen LogP contribution in [0, 0.1) is 34.0 Å². The molecule has 0 bridgehead atoms. The smallest absolute Gasteiger partial charge is 0.341 e. The summed E-state index contributed by atoms with van der Waals surface area (Å²) >= 11 is 6.08. The number of hydrogen-bond acceptors (Lipinski definition) is 5. The normalized spacial score (nSPS) is 10.7. The van der Waals surface area contributed by atoms with Gasteiger partial charge in [0.05, 0.1) is 12.2 Å². The van der Waals surface area contributed by atoms with Gasteiger partial charge in [0.1, 0.15) is 5.56 Å². The molecule has 2 aromatic carbocycles. The maximum absolute atomic E-state index is 13.8. The van der Waals surface area contributed by atoms with Crippen LogP contribution in [-0.2, 0) is 9.53 Å². The van der Waals surface area contributed by atoms with Gasteiger partial charge < -0.3 is 14.6 Å². The molecule has 1 N–H and O–H groups in total. The van der Waals surface area contributed by atoms with E-state index in [-0.39, 0.29) is 13.0 Å². The van der Waals surface area contributed by atoms with Crippen LogP contribution >= 0.6 is 67.8 Å². The van der Waals surface area contributed by atoms with E-state index in [0.717, 1.165) is 7.14 Å². The van der Waals surface area contributed by atoms with Gasteiger partial charge in [-0.3, -0.25) is 4.79 Å². The van der Waals surface area contributed by atoms with E-state index in [4.69, 9.17) is 9.84 Å². The van der Waals surface area contributed by atoms with Crippen molar-refractivity contribution >= 4 is 85.7 Å². The molecule has 166 valence electrons. The highest BCUT2D eigenvalue weighted by Crippen LogP contribution is 2.30. The molecule has 0 atom stereocenters. The molecule has 0 spiro atoms. The lowest BCUT2D eigenvalue weighted by Gasteiger charge is -2.10. The van der Waals surface area contributed by atoms with Crippen LogP contribution in [0.4, 0.5) is 17.6 Å². The second-order valence-electron chi connectivity index (χ2n) is 5.73. The molecule has 0 aliphatic rings. The van der Waals surface area contributed by atoms with Crippen molar-refractivity contribution in [1.82, 2.24) is 0 Å². The molecule has 6 nitrogen and oxygen atoms in total. The Bertz CT molecular complexity index is 1050. The predicted octanol–water partition coefficient (Wildman–Crippen LogP) is 5.30. The second-order valence-corrected chi connectivity index (χ2v) is 9.21. The third-order valence-electron chi connectivity index (χ3n) is 3.62. The zero-order valence-electron chi connectivity index (χ0n) is 14.9. The summed E-state index contributed by atoms with van der Waals surface area (Å²) < 4.78 is 66.6. The number of hydrogen-bond donors (Lipinski definition) is 1. The summed E-state index contributed by atoms with van der Waals surface area (Å²) in [4.78, 5) is 34.6. The molecule has 0 amide bonds. The topological polar surface area (TPSA) is 89.9 Å². The third-order valence-corrected chi connectivity index (χ3v) is 7.29. The molecule has 13 heteroatoms. The molecule has 2 rings (SSSR count). The van der Waals surface area contributed by atoms with Crippen molar-refractivity contribution in [2.45, 2.75) is 12.8 Å². The quantitative estimate of drug-likeness (QED) is 0.103. The SMILES string of the molecule is O=C(CCCOC(=O)c1cc(I)cc(I)c1I)Oc1c(F)c(F)c(C(=O)O)c(F)c1F. The summed E-state index contributed by atoms with van der Waals surface area (Å²) in [6.45, 7) is -0.238. The van der Waals surface area contributed by atoms with Gasteiger partial charge in [0.2, 0.25) is 17.4 Å². The van der Waals surface area contributed by atoms with E-state index >= 15 is 0 Å². The Hall–Kier alpha value is -1.24. The first-order chi connectivity index (χ1) is 14.5. The van der Waals surface area contributed by atoms with Crippen molar-refractivity contribution in [2.24, 2.45) is 0 Å². The van der Waals surface area contributed by atoms with Crippen LogP contribution in [0.25, 0.3) is 0 Å². The van der Waals surface area contributed by atoms with Crippen LogP contribution in [0.2, 0.25) is 0 Å². The van der Waals surface area contributed by atoms with Crippen LogP contribution in [0.5, 0.6) is 5.75 Å². The number of rotatable bonds is 7. The van der Waals surface area contributed by atoms with Gasteiger partial charge in [-0.1, -0.05) is 0 Å². The number of halogens is 7.